The molecule has 1 N–H and O–H groups in total. The number of amides is 2. The zero-order valence-corrected chi connectivity index (χ0v) is 14.2. The fourth-order valence-electron chi connectivity index (χ4n) is 3.80. The largest absolute Gasteiger partial charge is 0.347 e. The lowest BCUT2D eigenvalue weighted by Gasteiger charge is -2.25. The van der Waals surface area contributed by atoms with E-state index in [-0.39, 0.29) is 23.9 Å². The Hall–Kier alpha value is -2.14. The summed E-state index contributed by atoms with van der Waals surface area (Å²) in [7, 11) is 0. The molecule has 1 saturated heterocycles. The average molecular weight is 340 g/mol. The van der Waals surface area contributed by atoms with Crippen molar-refractivity contribution in [2.75, 3.05) is 6.54 Å². The highest BCUT2D eigenvalue weighted by Crippen LogP contribution is 2.31. The van der Waals surface area contributed by atoms with Crippen molar-refractivity contribution in [2.24, 2.45) is 0 Å². The highest BCUT2D eigenvalue weighted by atomic mass is 32.1. The zero-order valence-electron chi connectivity index (χ0n) is 13.4. The third-order valence-electron chi connectivity index (χ3n) is 5.00. The highest BCUT2D eigenvalue weighted by Gasteiger charge is 2.36. The third-order valence-corrected chi connectivity index (χ3v) is 5.86. The molecule has 124 valence electrons. The van der Waals surface area contributed by atoms with Crippen LogP contribution in [-0.2, 0) is 11.2 Å². The number of carbonyl (C=O) groups is 2. The summed E-state index contributed by atoms with van der Waals surface area (Å²) >= 11 is 1.43. The summed E-state index contributed by atoms with van der Waals surface area (Å²) in [5.74, 6) is -0.0337. The third kappa shape index (κ3) is 2.73. The van der Waals surface area contributed by atoms with Crippen molar-refractivity contribution in [3.63, 3.8) is 0 Å². The number of benzene rings is 1. The fraction of sp³-hybridized carbons (Fsp3) is 0.368. The minimum Gasteiger partial charge on any atom is -0.347 e. The van der Waals surface area contributed by atoms with Crippen LogP contribution in [0, 0.1) is 0 Å². The Labute approximate surface area is 145 Å². The van der Waals surface area contributed by atoms with E-state index in [2.05, 4.69) is 17.4 Å². The van der Waals surface area contributed by atoms with Gasteiger partial charge >= 0.3 is 0 Å². The maximum atomic E-state index is 12.8. The molecule has 0 saturated carbocycles. The van der Waals surface area contributed by atoms with Crippen molar-refractivity contribution in [1.82, 2.24) is 10.2 Å². The molecule has 2 heterocycles. The SMILES string of the molecule is O=C(N[C@@H]1CCc2ccccc21)[C@@H]1CCCN1C(=O)c1cccs1. The van der Waals surface area contributed by atoms with Crippen LogP contribution in [0.5, 0.6) is 0 Å². The molecule has 5 heteroatoms. The Morgan fingerprint density at radius 1 is 1.12 bits per heavy atom. The van der Waals surface area contributed by atoms with Gasteiger partial charge in [-0.3, -0.25) is 9.59 Å². The average Bonchev–Trinajstić information content (AvgIpc) is 3.35. The van der Waals surface area contributed by atoms with Gasteiger partial charge in [-0.05, 0) is 48.3 Å². The lowest BCUT2D eigenvalue weighted by Crippen LogP contribution is -2.46. The number of hydrogen-bond donors (Lipinski definition) is 1. The number of thiophene rings is 1. The second kappa shape index (κ2) is 6.40. The maximum absolute atomic E-state index is 12.8. The van der Waals surface area contributed by atoms with E-state index in [1.165, 1.54) is 22.5 Å². The van der Waals surface area contributed by atoms with Gasteiger partial charge in [0.1, 0.15) is 6.04 Å². The van der Waals surface area contributed by atoms with Crippen LogP contribution in [0.2, 0.25) is 0 Å². The summed E-state index contributed by atoms with van der Waals surface area (Å²) < 4.78 is 0. The normalized spacial score (nSPS) is 22.4. The Bertz CT molecular complexity index is 756. The van der Waals surface area contributed by atoms with E-state index in [0.29, 0.717) is 11.4 Å². The molecule has 0 unspecified atom stereocenters. The molecular formula is C19H20N2O2S. The van der Waals surface area contributed by atoms with Crippen molar-refractivity contribution < 1.29 is 9.59 Å². The molecule has 0 radical (unpaired) electrons. The van der Waals surface area contributed by atoms with Crippen LogP contribution in [0.15, 0.2) is 41.8 Å². The number of rotatable bonds is 3. The molecule has 24 heavy (non-hydrogen) atoms. The lowest BCUT2D eigenvalue weighted by atomic mass is 10.1. The van der Waals surface area contributed by atoms with Crippen LogP contribution in [0.3, 0.4) is 0 Å². The van der Waals surface area contributed by atoms with E-state index in [1.807, 2.05) is 29.6 Å². The first-order chi connectivity index (χ1) is 11.7. The van der Waals surface area contributed by atoms with Crippen LogP contribution < -0.4 is 5.32 Å². The molecule has 2 amide bonds. The van der Waals surface area contributed by atoms with Gasteiger partial charge in [-0.1, -0.05) is 30.3 Å². The fourth-order valence-corrected chi connectivity index (χ4v) is 4.48. The van der Waals surface area contributed by atoms with E-state index in [9.17, 15) is 9.59 Å². The van der Waals surface area contributed by atoms with Crippen molar-refractivity contribution in [1.29, 1.82) is 0 Å². The van der Waals surface area contributed by atoms with Gasteiger partial charge in [0.2, 0.25) is 5.91 Å². The van der Waals surface area contributed by atoms with Gasteiger partial charge in [-0.2, -0.15) is 0 Å². The molecule has 1 aromatic carbocycles. The monoisotopic (exact) mass is 340 g/mol. The smallest absolute Gasteiger partial charge is 0.264 e. The Morgan fingerprint density at radius 3 is 2.83 bits per heavy atom. The number of carbonyl (C=O) groups excluding carboxylic acids is 2. The summed E-state index contributed by atoms with van der Waals surface area (Å²) in [5.41, 5.74) is 2.54. The molecule has 0 spiro atoms. The van der Waals surface area contributed by atoms with Crippen LogP contribution >= 0.6 is 11.3 Å². The van der Waals surface area contributed by atoms with Crippen molar-refractivity contribution >= 4 is 23.2 Å². The second-order valence-corrected chi connectivity index (χ2v) is 7.38. The van der Waals surface area contributed by atoms with E-state index in [4.69, 9.17) is 0 Å². The molecule has 2 atom stereocenters. The lowest BCUT2D eigenvalue weighted by molar-refractivity contribution is -0.125. The number of nitrogens with zero attached hydrogens (tertiary/aromatic N) is 1. The van der Waals surface area contributed by atoms with Crippen molar-refractivity contribution in [2.45, 2.75) is 37.8 Å². The van der Waals surface area contributed by atoms with E-state index >= 15 is 0 Å². The maximum Gasteiger partial charge on any atom is 0.264 e. The first-order valence-electron chi connectivity index (χ1n) is 8.46. The topological polar surface area (TPSA) is 49.4 Å². The van der Waals surface area contributed by atoms with Crippen LogP contribution in [0.4, 0.5) is 0 Å². The van der Waals surface area contributed by atoms with Crippen molar-refractivity contribution in [3.8, 4) is 0 Å². The summed E-state index contributed by atoms with van der Waals surface area (Å²) in [6.45, 7) is 0.663. The molecule has 4 rings (SSSR count). The van der Waals surface area contributed by atoms with Gasteiger partial charge < -0.3 is 10.2 Å². The molecule has 2 aliphatic rings. The summed E-state index contributed by atoms with van der Waals surface area (Å²) in [6.07, 6.45) is 3.58. The van der Waals surface area contributed by atoms with Gasteiger partial charge in [0.15, 0.2) is 0 Å². The molecule has 1 fully saturated rings. The van der Waals surface area contributed by atoms with Crippen molar-refractivity contribution in [3.05, 3.63) is 57.8 Å². The standard InChI is InChI=1S/C19H20N2O2S/c22-18(20-15-10-9-13-5-1-2-6-14(13)15)16-7-3-11-21(16)19(23)17-8-4-12-24-17/h1-2,4-6,8,12,15-16H,3,7,9-11H2,(H,20,22)/t15-,16+/m1/s1. The molecule has 0 bridgehead atoms. The van der Waals surface area contributed by atoms with Gasteiger partial charge in [0.25, 0.3) is 5.91 Å². The second-order valence-electron chi connectivity index (χ2n) is 6.43. The van der Waals surface area contributed by atoms with Crippen LogP contribution in [0.1, 0.15) is 46.1 Å². The number of nitrogens with one attached hydrogen (secondary N) is 1. The molecular weight excluding hydrogens is 320 g/mol. The molecule has 2 aromatic rings. The molecule has 1 aliphatic heterocycles. The molecule has 1 aliphatic carbocycles. The molecule has 1 aromatic heterocycles. The minimum atomic E-state index is -0.340. The first kappa shape index (κ1) is 15.4. The first-order valence-corrected chi connectivity index (χ1v) is 9.34. The molecule has 4 nitrogen and oxygen atoms in total. The summed E-state index contributed by atoms with van der Waals surface area (Å²) in [6, 6.07) is 11.7. The Kier molecular flexibility index (Phi) is 4.10. The quantitative estimate of drug-likeness (QED) is 0.933. The number of hydrogen-bond acceptors (Lipinski definition) is 3. The van der Waals surface area contributed by atoms with E-state index in [1.54, 1.807) is 4.90 Å². The van der Waals surface area contributed by atoms with Crippen LogP contribution in [0.25, 0.3) is 0 Å². The Morgan fingerprint density at radius 2 is 2.00 bits per heavy atom. The number of fused-ring (bicyclic) bond motifs is 1. The summed E-state index contributed by atoms with van der Waals surface area (Å²) in [5, 5.41) is 5.07. The minimum absolute atomic E-state index is 0.0147. The zero-order chi connectivity index (χ0) is 16.5. The van der Waals surface area contributed by atoms with Gasteiger partial charge in [-0.25, -0.2) is 0 Å². The Balaban J connectivity index is 1.47. The van der Waals surface area contributed by atoms with Gasteiger partial charge in [0, 0.05) is 6.54 Å². The van der Waals surface area contributed by atoms with Crippen LogP contribution in [-0.4, -0.2) is 29.3 Å². The number of likely N-dealkylation sites (tertiary alicyclic amines) is 1. The highest BCUT2D eigenvalue weighted by molar-refractivity contribution is 7.12. The predicted octanol–water partition coefficient (Wildman–Crippen LogP) is 3.16. The van der Waals surface area contributed by atoms with E-state index < -0.39 is 0 Å². The number of aryl methyl sites for hydroxylation is 1. The van der Waals surface area contributed by atoms with E-state index in [0.717, 1.165) is 25.7 Å². The van der Waals surface area contributed by atoms with Gasteiger partial charge in [-0.15, -0.1) is 11.3 Å². The predicted molar refractivity (Wildman–Crippen MR) is 94.0 cm³/mol. The summed E-state index contributed by atoms with van der Waals surface area (Å²) in [4.78, 5) is 27.9. The van der Waals surface area contributed by atoms with Gasteiger partial charge in [0.05, 0.1) is 10.9 Å².